The van der Waals surface area contributed by atoms with E-state index < -0.39 is 0 Å². The van der Waals surface area contributed by atoms with E-state index in [9.17, 15) is 4.79 Å². The Labute approximate surface area is 115 Å². The minimum atomic E-state index is -0.141. The highest BCUT2D eigenvalue weighted by Gasteiger charge is 2.20. The van der Waals surface area contributed by atoms with Gasteiger partial charge in [-0.1, -0.05) is 23.7 Å². The van der Waals surface area contributed by atoms with Crippen molar-refractivity contribution in [3.63, 3.8) is 0 Å². The number of aromatic nitrogens is 2. The smallest absolute Gasteiger partial charge is 0.251 e. The predicted molar refractivity (Wildman–Crippen MR) is 75.2 cm³/mol. The van der Waals surface area contributed by atoms with E-state index in [0.717, 1.165) is 11.3 Å². The monoisotopic (exact) mass is 275 g/mol. The number of benzene rings is 1. The maximum Gasteiger partial charge on any atom is 0.251 e. The molecule has 1 heterocycles. The molecule has 5 heteroatoms. The molecule has 98 valence electrons. The fourth-order valence-electron chi connectivity index (χ4n) is 1.91. The minimum Gasteiger partial charge on any atom is -0.308 e. The first-order valence-corrected chi connectivity index (χ1v) is 6.68. The van der Waals surface area contributed by atoms with Crippen LogP contribution in [0.2, 0.25) is 5.02 Å². The highest BCUT2D eigenvalue weighted by Crippen LogP contribution is 2.20. The third-order valence-corrected chi connectivity index (χ3v) is 3.28. The molecule has 19 heavy (non-hydrogen) atoms. The molecule has 0 atom stereocenters. The van der Waals surface area contributed by atoms with Crippen molar-refractivity contribution in [2.24, 2.45) is 0 Å². The molecular weight excluding hydrogens is 262 g/mol. The van der Waals surface area contributed by atoms with Gasteiger partial charge in [0, 0.05) is 29.2 Å². The van der Waals surface area contributed by atoms with Crippen LogP contribution < -0.4 is 10.9 Å². The third kappa shape index (κ3) is 3.22. The molecule has 4 nitrogen and oxygen atoms in total. The average molecular weight is 276 g/mol. The summed E-state index contributed by atoms with van der Waals surface area (Å²) < 4.78 is 0. The van der Waals surface area contributed by atoms with Gasteiger partial charge >= 0.3 is 0 Å². The van der Waals surface area contributed by atoms with Crippen molar-refractivity contribution in [1.29, 1.82) is 0 Å². The first kappa shape index (κ1) is 12.4. The summed E-state index contributed by atoms with van der Waals surface area (Å²) in [7, 11) is 0. The molecular formula is C14H14ClN3O. The van der Waals surface area contributed by atoms with Crippen LogP contribution in [0.1, 0.15) is 18.5 Å². The van der Waals surface area contributed by atoms with Crippen molar-refractivity contribution in [2.75, 3.05) is 0 Å². The second-order valence-electron chi connectivity index (χ2n) is 4.75. The molecule has 2 aromatic rings. The average Bonchev–Trinajstić information content (AvgIpc) is 3.20. The zero-order valence-electron chi connectivity index (χ0n) is 10.3. The van der Waals surface area contributed by atoms with Gasteiger partial charge in [-0.2, -0.15) is 0 Å². The van der Waals surface area contributed by atoms with Crippen LogP contribution in [-0.4, -0.2) is 16.0 Å². The molecule has 1 aromatic heterocycles. The van der Waals surface area contributed by atoms with E-state index in [-0.39, 0.29) is 5.56 Å². The summed E-state index contributed by atoms with van der Waals surface area (Å²) >= 11 is 5.95. The van der Waals surface area contributed by atoms with E-state index in [1.54, 1.807) is 12.1 Å². The van der Waals surface area contributed by atoms with E-state index >= 15 is 0 Å². The molecule has 0 bridgehead atoms. The number of hydrogen-bond acceptors (Lipinski definition) is 3. The van der Waals surface area contributed by atoms with E-state index in [1.165, 1.54) is 18.9 Å². The van der Waals surface area contributed by atoms with E-state index in [1.807, 2.05) is 12.1 Å². The van der Waals surface area contributed by atoms with Crippen LogP contribution in [0, 0.1) is 0 Å². The number of rotatable bonds is 4. The molecule has 1 aliphatic rings. The molecule has 0 unspecified atom stereocenters. The zero-order valence-corrected chi connectivity index (χ0v) is 11.1. The van der Waals surface area contributed by atoms with Crippen molar-refractivity contribution in [1.82, 2.24) is 15.3 Å². The van der Waals surface area contributed by atoms with E-state index in [2.05, 4.69) is 15.3 Å². The molecule has 1 aliphatic carbocycles. The van der Waals surface area contributed by atoms with Crippen LogP contribution in [-0.2, 0) is 6.54 Å². The number of H-pyrrole nitrogens is 1. The second-order valence-corrected chi connectivity index (χ2v) is 5.19. The Bertz CT molecular complexity index is 649. The van der Waals surface area contributed by atoms with Gasteiger partial charge in [-0.3, -0.25) is 4.79 Å². The Hall–Kier alpha value is -1.65. The Morgan fingerprint density at radius 2 is 2.21 bits per heavy atom. The molecule has 0 saturated heterocycles. The molecule has 2 N–H and O–H groups in total. The molecule has 1 aromatic carbocycles. The van der Waals surface area contributed by atoms with Gasteiger partial charge in [0.15, 0.2) is 0 Å². The normalized spacial score (nSPS) is 14.6. The molecule has 0 spiro atoms. The van der Waals surface area contributed by atoms with Gasteiger partial charge in [0.05, 0.1) is 5.69 Å². The lowest BCUT2D eigenvalue weighted by molar-refractivity contribution is 0.672. The maximum atomic E-state index is 11.7. The molecule has 1 saturated carbocycles. The summed E-state index contributed by atoms with van der Waals surface area (Å²) in [6.45, 7) is 0.627. The largest absolute Gasteiger partial charge is 0.308 e. The number of aromatic amines is 1. The maximum absolute atomic E-state index is 11.7. The van der Waals surface area contributed by atoms with Crippen molar-refractivity contribution < 1.29 is 0 Å². The van der Waals surface area contributed by atoms with E-state index in [0.29, 0.717) is 23.4 Å². The summed E-state index contributed by atoms with van der Waals surface area (Å²) in [5.41, 5.74) is 1.43. The van der Waals surface area contributed by atoms with Crippen molar-refractivity contribution in [3.8, 4) is 11.4 Å². The highest BCUT2D eigenvalue weighted by atomic mass is 35.5. The van der Waals surface area contributed by atoms with Gasteiger partial charge < -0.3 is 10.3 Å². The molecule has 3 rings (SSSR count). The van der Waals surface area contributed by atoms with Crippen LogP contribution in [0.15, 0.2) is 35.1 Å². The number of nitrogens with zero attached hydrogens (tertiary/aromatic N) is 1. The standard InChI is InChI=1S/C14H14ClN3O/c15-10-3-1-2-9(6-10)14-17-12(7-13(19)18-14)8-16-11-4-5-11/h1-3,6-7,11,16H,4-5,8H2,(H,17,18,19). The topological polar surface area (TPSA) is 57.8 Å². The summed E-state index contributed by atoms with van der Waals surface area (Å²) in [6.07, 6.45) is 2.43. The number of halogens is 1. The highest BCUT2D eigenvalue weighted by molar-refractivity contribution is 6.30. The van der Waals surface area contributed by atoms with Crippen LogP contribution in [0.25, 0.3) is 11.4 Å². The Morgan fingerprint density at radius 1 is 1.37 bits per heavy atom. The molecule has 0 aliphatic heterocycles. The van der Waals surface area contributed by atoms with Crippen LogP contribution >= 0.6 is 11.6 Å². The second kappa shape index (κ2) is 5.15. The third-order valence-electron chi connectivity index (χ3n) is 3.04. The lowest BCUT2D eigenvalue weighted by Gasteiger charge is -2.05. The van der Waals surface area contributed by atoms with E-state index in [4.69, 9.17) is 11.6 Å². The summed E-state index contributed by atoms with van der Waals surface area (Å²) in [4.78, 5) is 18.9. The lowest BCUT2D eigenvalue weighted by atomic mass is 10.2. The van der Waals surface area contributed by atoms with Gasteiger partial charge in [0.2, 0.25) is 0 Å². The number of hydrogen-bond donors (Lipinski definition) is 2. The van der Waals surface area contributed by atoms with Crippen LogP contribution in [0.4, 0.5) is 0 Å². The SMILES string of the molecule is O=c1cc(CNC2CC2)nc(-c2cccc(Cl)c2)[nH]1. The Morgan fingerprint density at radius 3 is 2.95 bits per heavy atom. The van der Waals surface area contributed by atoms with Gasteiger partial charge in [-0.15, -0.1) is 0 Å². The summed E-state index contributed by atoms with van der Waals surface area (Å²) in [5, 5.41) is 3.98. The first-order chi connectivity index (χ1) is 9.20. The molecule has 0 radical (unpaired) electrons. The van der Waals surface area contributed by atoms with Crippen molar-refractivity contribution in [2.45, 2.75) is 25.4 Å². The quantitative estimate of drug-likeness (QED) is 0.900. The molecule has 1 fully saturated rings. The Kier molecular flexibility index (Phi) is 3.36. The van der Waals surface area contributed by atoms with Crippen LogP contribution in [0.3, 0.4) is 0 Å². The lowest BCUT2D eigenvalue weighted by Crippen LogP contribution is -2.19. The van der Waals surface area contributed by atoms with Crippen molar-refractivity contribution in [3.05, 3.63) is 51.4 Å². The summed E-state index contributed by atoms with van der Waals surface area (Å²) in [6, 6.07) is 9.42. The fourth-order valence-corrected chi connectivity index (χ4v) is 2.10. The minimum absolute atomic E-state index is 0.141. The molecule has 0 amide bonds. The first-order valence-electron chi connectivity index (χ1n) is 6.30. The zero-order chi connectivity index (χ0) is 13.2. The Balaban J connectivity index is 1.89. The van der Waals surface area contributed by atoms with Gasteiger partial charge in [0.25, 0.3) is 5.56 Å². The van der Waals surface area contributed by atoms with Gasteiger partial charge in [-0.05, 0) is 25.0 Å². The van der Waals surface area contributed by atoms with Gasteiger partial charge in [-0.25, -0.2) is 4.98 Å². The summed E-state index contributed by atoms with van der Waals surface area (Å²) in [5.74, 6) is 0.558. The fraction of sp³-hybridized carbons (Fsp3) is 0.286. The van der Waals surface area contributed by atoms with Crippen LogP contribution in [0.5, 0.6) is 0 Å². The van der Waals surface area contributed by atoms with Gasteiger partial charge in [0.1, 0.15) is 5.82 Å². The van der Waals surface area contributed by atoms with Crippen molar-refractivity contribution >= 4 is 11.6 Å². The number of nitrogens with one attached hydrogen (secondary N) is 2. The predicted octanol–water partition coefficient (Wildman–Crippen LogP) is 2.34.